The van der Waals surface area contributed by atoms with Crippen molar-refractivity contribution in [3.63, 3.8) is 0 Å². The van der Waals surface area contributed by atoms with Crippen LogP contribution in [0.25, 0.3) is 0 Å². The lowest BCUT2D eigenvalue weighted by Crippen LogP contribution is -2.37. The van der Waals surface area contributed by atoms with Crippen LogP contribution in [0.15, 0.2) is 40.8 Å². The molecule has 1 aliphatic heterocycles. The van der Waals surface area contributed by atoms with Crippen LogP contribution in [-0.4, -0.2) is 38.4 Å². The van der Waals surface area contributed by atoms with Crippen LogP contribution in [0.4, 0.5) is 0 Å². The van der Waals surface area contributed by atoms with Crippen molar-refractivity contribution >= 4 is 21.9 Å². The molecule has 0 spiro atoms. The quantitative estimate of drug-likeness (QED) is 0.726. The van der Waals surface area contributed by atoms with Gasteiger partial charge in [0.15, 0.2) is 12.8 Å². The van der Waals surface area contributed by atoms with Crippen molar-refractivity contribution in [1.29, 1.82) is 0 Å². The zero-order valence-electron chi connectivity index (χ0n) is 14.3. The Labute approximate surface area is 151 Å². The number of sulfonamides is 1. The molecule has 2 aliphatic carbocycles. The van der Waals surface area contributed by atoms with Gasteiger partial charge in [-0.05, 0) is 36.7 Å². The summed E-state index contributed by atoms with van der Waals surface area (Å²) in [5, 5.41) is 0. The van der Waals surface area contributed by atoms with Gasteiger partial charge in [0, 0.05) is 12.7 Å². The number of allylic oxidation sites excluding steroid dienone is 1. The molecule has 1 saturated carbocycles. The Hall–Kier alpha value is -2.19. The smallest absolute Gasteiger partial charge is 0.341 e. The molecular weight excluding hydrogens is 358 g/mol. The molecule has 26 heavy (non-hydrogen) atoms. The van der Waals surface area contributed by atoms with E-state index in [2.05, 4.69) is 0 Å². The van der Waals surface area contributed by atoms with Gasteiger partial charge >= 0.3 is 5.97 Å². The van der Waals surface area contributed by atoms with Crippen LogP contribution in [0.3, 0.4) is 0 Å². The molecule has 4 rings (SSSR count). The summed E-state index contributed by atoms with van der Waals surface area (Å²) >= 11 is 0. The number of nitrogens with zero attached hydrogens (tertiary/aromatic N) is 1. The molecule has 0 aromatic heterocycles. The Morgan fingerprint density at radius 2 is 1.92 bits per heavy atom. The second kappa shape index (κ2) is 6.21. The van der Waals surface area contributed by atoms with Crippen LogP contribution in [0.2, 0.25) is 0 Å². The summed E-state index contributed by atoms with van der Waals surface area (Å²) in [4.78, 5) is 25.2. The SMILES string of the molecule is COC(C(=O)OCN1C(=O)C2=C(C3CCC2C3)S1(=O)=O)c1ccccc1. The van der Waals surface area contributed by atoms with Gasteiger partial charge in [0.05, 0.1) is 4.91 Å². The summed E-state index contributed by atoms with van der Waals surface area (Å²) in [5.74, 6) is -1.33. The van der Waals surface area contributed by atoms with Gasteiger partial charge in [0.2, 0.25) is 0 Å². The Bertz CT molecular complexity index is 892. The lowest BCUT2D eigenvalue weighted by atomic mass is 9.98. The maximum atomic E-state index is 12.7. The second-order valence-electron chi connectivity index (χ2n) is 6.76. The summed E-state index contributed by atoms with van der Waals surface area (Å²) in [5.41, 5.74) is 0.998. The van der Waals surface area contributed by atoms with Crippen LogP contribution < -0.4 is 0 Å². The van der Waals surface area contributed by atoms with Crippen molar-refractivity contribution in [1.82, 2.24) is 4.31 Å². The standard InChI is InChI=1S/C18H19NO6S/c1-24-15(11-5-3-2-4-6-11)18(21)25-10-19-17(20)14-12-7-8-13(9-12)16(14)26(19,22)23/h2-6,12-13,15H,7-10H2,1H3. The van der Waals surface area contributed by atoms with Gasteiger partial charge in [-0.25, -0.2) is 13.2 Å². The number of carbonyl (C=O) groups is 2. The van der Waals surface area contributed by atoms with Gasteiger partial charge in [-0.3, -0.25) is 4.79 Å². The first-order valence-corrected chi connectivity index (χ1v) is 9.94. The molecule has 3 unspecified atom stereocenters. The van der Waals surface area contributed by atoms with Gasteiger partial charge in [0.25, 0.3) is 15.9 Å². The first-order valence-electron chi connectivity index (χ1n) is 8.50. The zero-order valence-corrected chi connectivity index (χ0v) is 15.1. The molecule has 1 fully saturated rings. The summed E-state index contributed by atoms with van der Waals surface area (Å²) in [6.07, 6.45) is 1.40. The van der Waals surface area contributed by atoms with Gasteiger partial charge in [-0.15, -0.1) is 0 Å². The van der Waals surface area contributed by atoms with Crippen LogP contribution in [0.1, 0.15) is 30.9 Å². The third kappa shape index (κ3) is 2.47. The van der Waals surface area contributed by atoms with Gasteiger partial charge < -0.3 is 9.47 Å². The minimum Gasteiger partial charge on any atom is -0.441 e. The number of carbonyl (C=O) groups excluding carboxylic acids is 2. The van der Waals surface area contributed by atoms with E-state index >= 15 is 0 Å². The highest BCUT2D eigenvalue weighted by Crippen LogP contribution is 2.54. The maximum Gasteiger partial charge on any atom is 0.341 e. The molecule has 0 saturated heterocycles. The number of rotatable bonds is 5. The van der Waals surface area contributed by atoms with E-state index in [9.17, 15) is 18.0 Å². The fourth-order valence-electron chi connectivity index (χ4n) is 4.22. The first kappa shape index (κ1) is 17.2. The maximum absolute atomic E-state index is 12.7. The molecule has 1 aromatic carbocycles. The van der Waals surface area contributed by atoms with Crippen LogP contribution >= 0.6 is 0 Å². The summed E-state index contributed by atoms with van der Waals surface area (Å²) in [6, 6.07) is 8.74. The lowest BCUT2D eigenvalue weighted by Gasteiger charge is -2.21. The molecule has 8 heteroatoms. The molecule has 1 heterocycles. The van der Waals surface area contributed by atoms with E-state index in [1.807, 2.05) is 0 Å². The van der Waals surface area contributed by atoms with Crippen LogP contribution in [-0.2, 0) is 29.1 Å². The van der Waals surface area contributed by atoms with E-state index in [4.69, 9.17) is 9.47 Å². The Balaban J connectivity index is 1.49. The molecule has 2 bridgehead atoms. The average molecular weight is 377 g/mol. The van der Waals surface area contributed by atoms with Crippen molar-refractivity contribution in [2.75, 3.05) is 13.8 Å². The monoisotopic (exact) mass is 377 g/mol. The fraction of sp³-hybridized carbons (Fsp3) is 0.444. The van der Waals surface area contributed by atoms with E-state index in [1.165, 1.54) is 7.11 Å². The summed E-state index contributed by atoms with van der Waals surface area (Å²) < 4.78 is 36.4. The van der Waals surface area contributed by atoms with Crippen LogP contribution in [0, 0.1) is 11.8 Å². The lowest BCUT2D eigenvalue weighted by molar-refractivity contribution is -0.159. The number of methoxy groups -OCH3 is 1. The highest BCUT2D eigenvalue weighted by atomic mass is 32.2. The molecule has 3 aliphatic rings. The summed E-state index contributed by atoms with van der Waals surface area (Å²) in [6.45, 7) is -0.626. The van der Waals surface area contributed by atoms with Crippen LogP contribution in [0.5, 0.6) is 0 Å². The zero-order chi connectivity index (χ0) is 18.5. The van der Waals surface area contributed by atoms with Crippen molar-refractivity contribution in [3.05, 3.63) is 46.4 Å². The third-order valence-corrected chi connectivity index (χ3v) is 7.34. The highest BCUT2D eigenvalue weighted by molar-refractivity contribution is 7.94. The van der Waals surface area contributed by atoms with E-state index in [0.29, 0.717) is 15.4 Å². The second-order valence-corrected chi connectivity index (χ2v) is 8.59. The first-order chi connectivity index (χ1) is 12.4. The molecule has 1 amide bonds. The predicted molar refractivity (Wildman–Crippen MR) is 90.8 cm³/mol. The largest absolute Gasteiger partial charge is 0.441 e. The van der Waals surface area contributed by atoms with Crippen molar-refractivity contribution in [2.45, 2.75) is 25.4 Å². The number of amides is 1. The van der Waals surface area contributed by atoms with Gasteiger partial charge in [-0.1, -0.05) is 30.3 Å². The van der Waals surface area contributed by atoms with Crippen molar-refractivity contribution in [2.24, 2.45) is 11.8 Å². The Morgan fingerprint density at radius 1 is 1.23 bits per heavy atom. The predicted octanol–water partition coefficient (Wildman–Crippen LogP) is 1.73. The highest BCUT2D eigenvalue weighted by Gasteiger charge is 2.56. The van der Waals surface area contributed by atoms with Gasteiger partial charge in [0.1, 0.15) is 0 Å². The number of hydrogen-bond donors (Lipinski definition) is 0. The number of fused-ring (bicyclic) bond motifs is 4. The minimum atomic E-state index is -3.89. The number of esters is 1. The van der Waals surface area contributed by atoms with E-state index in [0.717, 1.165) is 19.3 Å². The van der Waals surface area contributed by atoms with E-state index in [1.54, 1.807) is 30.3 Å². The number of benzene rings is 1. The van der Waals surface area contributed by atoms with Gasteiger partial charge in [-0.2, -0.15) is 4.31 Å². The molecule has 1 aromatic rings. The molecule has 138 valence electrons. The molecule has 0 radical (unpaired) electrons. The number of ether oxygens (including phenoxy) is 2. The Morgan fingerprint density at radius 3 is 2.58 bits per heavy atom. The topological polar surface area (TPSA) is 90.0 Å². The molecule has 0 N–H and O–H groups in total. The number of hydrogen-bond acceptors (Lipinski definition) is 6. The van der Waals surface area contributed by atoms with Crippen molar-refractivity contribution < 1.29 is 27.5 Å². The van der Waals surface area contributed by atoms with Crippen molar-refractivity contribution in [3.8, 4) is 0 Å². The third-order valence-electron chi connectivity index (χ3n) is 5.38. The Kier molecular flexibility index (Phi) is 4.11. The molecule has 7 nitrogen and oxygen atoms in total. The minimum absolute atomic E-state index is 0.0222. The normalized spacial score (nSPS) is 27.0. The van der Waals surface area contributed by atoms with E-state index < -0.39 is 34.7 Å². The fourth-order valence-corrected chi connectivity index (χ4v) is 6.13. The molecular formula is C18H19NO6S. The molecule has 3 atom stereocenters. The van der Waals surface area contributed by atoms with E-state index in [-0.39, 0.29) is 16.7 Å². The summed E-state index contributed by atoms with van der Waals surface area (Å²) in [7, 11) is -2.53. The average Bonchev–Trinajstić information content (AvgIpc) is 3.29.